The Morgan fingerprint density at radius 1 is 1.33 bits per heavy atom. The van der Waals surface area contributed by atoms with Gasteiger partial charge in [-0.2, -0.15) is 0 Å². The maximum Gasteiger partial charge on any atom is 0.286 e. The average molecular weight is 339 g/mol. The topological polar surface area (TPSA) is 96.3 Å². The molecule has 4 rings (SSSR count). The number of amides is 1. The molecule has 1 aromatic rings. The summed E-state index contributed by atoms with van der Waals surface area (Å²) in [5.41, 5.74) is -2.39. The first-order valence-electron chi connectivity index (χ1n) is 7.82. The third-order valence-electron chi connectivity index (χ3n) is 5.65. The number of halogens is 2. The fourth-order valence-corrected chi connectivity index (χ4v) is 4.38. The first-order chi connectivity index (χ1) is 11.2. The number of alkyl halides is 2. The molecular formula is C15H15F2N3O4. The largest absolute Gasteiger partial charge is 0.332 e. The van der Waals surface area contributed by atoms with E-state index >= 15 is 0 Å². The van der Waals surface area contributed by atoms with Gasteiger partial charge in [0, 0.05) is 30.0 Å². The summed E-state index contributed by atoms with van der Waals surface area (Å²) >= 11 is 0. The number of fused-ring (bicyclic) bond motifs is 2. The molecular weight excluding hydrogens is 324 g/mol. The van der Waals surface area contributed by atoms with E-state index in [-0.39, 0.29) is 42.6 Å². The molecule has 2 bridgehead atoms. The summed E-state index contributed by atoms with van der Waals surface area (Å²) in [7, 11) is 0. The Labute approximate surface area is 134 Å². The minimum Gasteiger partial charge on any atom is -0.332 e. The number of carbonyl (C=O) groups excluding carboxylic acids is 1. The van der Waals surface area contributed by atoms with Crippen molar-refractivity contribution in [2.45, 2.75) is 50.1 Å². The van der Waals surface area contributed by atoms with Gasteiger partial charge in [0.15, 0.2) is 0 Å². The maximum absolute atomic E-state index is 13.7. The molecule has 1 amide bonds. The fraction of sp³-hybridized carbons (Fsp3) is 0.600. The van der Waals surface area contributed by atoms with Crippen molar-refractivity contribution in [3.05, 3.63) is 38.3 Å². The van der Waals surface area contributed by atoms with E-state index in [4.69, 9.17) is 0 Å². The lowest BCUT2D eigenvalue weighted by Gasteiger charge is -2.39. The van der Waals surface area contributed by atoms with Gasteiger partial charge in [-0.05, 0) is 25.7 Å². The fourth-order valence-electron chi connectivity index (χ4n) is 4.38. The number of aromatic amines is 1. The third kappa shape index (κ3) is 1.99. The molecule has 1 spiro atoms. The first-order valence-corrected chi connectivity index (χ1v) is 7.82. The SMILES string of the molecule is O=C(c1cc([N+](=O)[O-])c[nH]c1=O)N1C2CCC1CC1(C2)CC1(F)F. The van der Waals surface area contributed by atoms with Crippen molar-refractivity contribution in [2.75, 3.05) is 0 Å². The van der Waals surface area contributed by atoms with E-state index in [0.717, 1.165) is 12.3 Å². The van der Waals surface area contributed by atoms with Crippen LogP contribution in [0.4, 0.5) is 14.5 Å². The smallest absolute Gasteiger partial charge is 0.286 e. The number of piperidine rings is 1. The molecule has 1 aliphatic carbocycles. The zero-order valence-electron chi connectivity index (χ0n) is 12.6. The van der Waals surface area contributed by atoms with Crippen LogP contribution in [0.1, 0.15) is 42.5 Å². The number of pyridine rings is 1. The molecule has 1 N–H and O–H groups in total. The Hall–Kier alpha value is -2.32. The van der Waals surface area contributed by atoms with Crippen molar-refractivity contribution in [1.29, 1.82) is 0 Å². The van der Waals surface area contributed by atoms with Gasteiger partial charge in [0.2, 0.25) is 0 Å². The van der Waals surface area contributed by atoms with Gasteiger partial charge < -0.3 is 9.88 Å². The van der Waals surface area contributed by atoms with Gasteiger partial charge in [-0.15, -0.1) is 0 Å². The number of rotatable bonds is 2. The number of nitrogens with zero attached hydrogens (tertiary/aromatic N) is 2. The molecule has 3 aliphatic rings. The molecule has 24 heavy (non-hydrogen) atoms. The highest BCUT2D eigenvalue weighted by molar-refractivity contribution is 5.95. The van der Waals surface area contributed by atoms with Gasteiger partial charge in [0.1, 0.15) is 5.56 Å². The molecule has 0 radical (unpaired) electrons. The second-order valence-electron chi connectivity index (χ2n) is 7.03. The van der Waals surface area contributed by atoms with Crippen LogP contribution in [0.5, 0.6) is 0 Å². The molecule has 9 heteroatoms. The van der Waals surface area contributed by atoms with E-state index in [1.807, 2.05) is 0 Å². The van der Waals surface area contributed by atoms with Crippen LogP contribution in [-0.4, -0.2) is 38.7 Å². The quantitative estimate of drug-likeness (QED) is 0.659. The highest BCUT2D eigenvalue weighted by Gasteiger charge is 2.74. The highest BCUT2D eigenvalue weighted by Crippen LogP contribution is 2.69. The standard InChI is InChI=1S/C15H15F2N3O4/c16-15(17)7-14(15)4-8-1-2-9(5-14)19(8)13(22)11-3-10(20(23)24)6-18-12(11)21/h3,6,8-9H,1-2,4-5,7H2,(H,18,21). The number of aromatic nitrogens is 1. The Bertz CT molecular complexity index is 792. The van der Waals surface area contributed by atoms with Crippen LogP contribution in [0.2, 0.25) is 0 Å². The summed E-state index contributed by atoms with van der Waals surface area (Å²) in [6, 6.07) is 0.294. The lowest BCUT2D eigenvalue weighted by Crippen LogP contribution is -2.49. The van der Waals surface area contributed by atoms with E-state index in [2.05, 4.69) is 4.98 Å². The van der Waals surface area contributed by atoms with Gasteiger partial charge >= 0.3 is 0 Å². The predicted octanol–water partition coefficient (Wildman–Crippen LogP) is 2.08. The zero-order chi connectivity index (χ0) is 17.3. The summed E-state index contributed by atoms with van der Waals surface area (Å²) in [5, 5.41) is 10.8. The monoisotopic (exact) mass is 339 g/mol. The van der Waals surface area contributed by atoms with Crippen molar-refractivity contribution in [3.8, 4) is 0 Å². The molecule has 2 atom stereocenters. The second kappa shape index (κ2) is 4.61. The second-order valence-corrected chi connectivity index (χ2v) is 7.03. The van der Waals surface area contributed by atoms with Gasteiger partial charge in [-0.3, -0.25) is 19.7 Å². The normalized spacial score (nSPS) is 32.8. The molecule has 3 fully saturated rings. The molecule has 2 aliphatic heterocycles. The molecule has 1 saturated carbocycles. The average Bonchev–Trinajstić information content (AvgIpc) is 2.89. The third-order valence-corrected chi connectivity index (χ3v) is 5.65. The van der Waals surface area contributed by atoms with Crippen LogP contribution in [0, 0.1) is 15.5 Å². The van der Waals surface area contributed by atoms with E-state index in [1.54, 1.807) is 0 Å². The lowest BCUT2D eigenvalue weighted by atomic mass is 9.86. The van der Waals surface area contributed by atoms with E-state index in [0.29, 0.717) is 12.8 Å². The van der Waals surface area contributed by atoms with Crippen LogP contribution in [0.25, 0.3) is 0 Å². The number of nitrogens with one attached hydrogen (secondary N) is 1. The van der Waals surface area contributed by atoms with E-state index < -0.39 is 27.7 Å². The van der Waals surface area contributed by atoms with Crippen molar-refractivity contribution in [1.82, 2.24) is 9.88 Å². The summed E-state index contributed by atoms with van der Waals surface area (Å²) in [6.07, 6.45) is 2.52. The molecule has 3 heterocycles. The molecule has 2 saturated heterocycles. The number of hydrogen-bond acceptors (Lipinski definition) is 4. The van der Waals surface area contributed by atoms with Gasteiger partial charge in [0.25, 0.3) is 23.1 Å². The highest BCUT2D eigenvalue weighted by atomic mass is 19.3. The van der Waals surface area contributed by atoms with Crippen LogP contribution in [-0.2, 0) is 0 Å². The number of hydrogen-bond donors (Lipinski definition) is 1. The predicted molar refractivity (Wildman–Crippen MR) is 77.9 cm³/mol. The minimum absolute atomic E-state index is 0.133. The van der Waals surface area contributed by atoms with Crippen LogP contribution < -0.4 is 5.56 Å². The van der Waals surface area contributed by atoms with Gasteiger partial charge in [-0.1, -0.05) is 0 Å². The molecule has 2 unspecified atom stereocenters. The van der Waals surface area contributed by atoms with Crippen LogP contribution in [0.15, 0.2) is 17.1 Å². The van der Waals surface area contributed by atoms with E-state index in [9.17, 15) is 28.5 Å². The van der Waals surface area contributed by atoms with Crippen molar-refractivity contribution in [2.24, 2.45) is 5.41 Å². The van der Waals surface area contributed by atoms with Crippen LogP contribution in [0.3, 0.4) is 0 Å². The number of nitro groups is 1. The van der Waals surface area contributed by atoms with Crippen molar-refractivity contribution in [3.63, 3.8) is 0 Å². The molecule has 128 valence electrons. The maximum atomic E-state index is 13.7. The molecule has 1 aromatic heterocycles. The van der Waals surface area contributed by atoms with E-state index in [1.165, 1.54) is 4.90 Å². The van der Waals surface area contributed by atoms with Gasteiger partial charge in [0.05, 0.1) is 11.1 Å². The Morgan fingerprint density at radius 2 is 1.92 bits per heavy atom. The van der Waals surface area contributed by atoms with Gasteiger partial charge in [-0.25, -0.2) is 8.78 Å². The van der Waals surface area contributed by atoms with Crippen LogP contribution >= 0.6 is 0 Å². The lowest BCUT2D eigenvalue weighted by molar-refractivity contribution is -0.385. The zero-order valence-corrected chi connectivity index (χ0v) is 12.6. The van der Waals surface area contributed by atoms with Crippen molar-refractivity contribution >= 4 is 11.6 Å². The number of H-pyrrole nitrogens is 1. The minimum atomic E-state index is -2.66. The summed E-state index contributed by atoms with van der Waals surface area (Å²) < 4.78 is 27.3. The number of carbonyl (C=O) groups is 1. The summed E-state index contributed by atoms with van der Waals surface area (Å²) in [5.74, 6) is -3.27. The Kier molecular flexibility index (Phi) is 2.92. The molecule has 7 nitrogen and oxygen atoms in total. The Morgan fingerprint density at radius 3 is 2.42 bits per heavy atom. The Balaban J connectivity index is 1.64. The molecule has 0 aromatic carbocycles. The van der Waals surface area contributed by atoms with Crippen molar-refractivity contribution < 1.29 is 18.5 Å². The summed E-state index contributed by atoms with van der Waals surface area (Å²) in [6.45, 7) is 0. The first kappa shape index (κ1) is 15.2. The summed E-state index contributed by atoms with van der Waals surface area (Å²) in [4.78, 5) is 38.5.